The van der Waals surface area contributed by atoms with Gasteiger partial charge in [-0.2, -0.15) is 0 Å². The third-order valence-electron chi connectivity index (χ3n) is 3.09. The van der Waals surface area contributed by atoms with Crippen LogP contribution in [0.15, 0.2) is 41.3 Å². The van der Waals surface area contributed by atoms with Crippen molar-refractivity contribution in [2.45, 2.75) is 11.8 Å². The van der Waals surface area contributed by atoms with Gasteiger partial charge in [-0.3, -0.25) is 4.72 Å². The molecule has 0 fully saturated rings. The molecule has 0 aliphatic rings. The van der Waals surface area contributed by atoms with Crippen molar-refractivity contribution in [2.75, 3.05) is 18.9 Å². The molecular weight excluding hydrogens is 309 g/mol. The normalized spacial score (nSPS) is 11.1. The third-order valence-corrected chi connectivity index (χ3v) is 4.50. The molecule has 2 aromatic rings. The summed E-state index contributed by atoms with van der Waals surface area (Å²) < 4.78 is 50.6. The molecular formula is C15H16FNO4S. The monoisotopic (exact) mass is 325 g/mol. The zero-order chi connectivity index (χ0) is 16.3. The Hall–Kier alpha value is -2.28. The van der Waals surface area contributed by atoms with Gasteiger partial charge in [0.05, 0.1) is 19.9 Å². The van der Waals surface area contributed by atoms with E-state index in [2.05, 4.69) is 4.72 Å². The Morgan fingerprint density at radius 3 is 2.36 bits per heavy atom. The van der Waals surface area contributed by atoms with E-state index in [0.29, 0.717) is 17.0 Å². The molecule has 2 aromatic carbocycles. The minimum absolute atomic E-state index is 0.0282. The van der Waals surface area contributed by atoms with Gasteiger partial charge in [0.25, 0.3) is 10.0 Å². The van der Waals surface area contributed by atoms with Crippen molar-refractivity contribution in [2.24, 2.45) is 0 Å². The highest BCUT2D eigenvalue weighted by atomic mass is 32.2. The summed E-state index contributed by atoms with van der Waals surface area (Å²) in [5, 5.41) is 0. The van der Waals surface area contributed by atoms with Gasteiger partial charge in [-0.25, -0.2) is 12.8 Å². The van der Waals surface area contributed by atoms with Gasteiger partial charge in [-0.1, -0.05) is 0 Å². The maximum Gasteiger partial charge on any atom is 0.265 e. The number of hydrogen-bond acceptors (Lipinski definition) is 4. The van der Waals surface area contributed by atoms with Crippen LogP contribution in [0.25, 0.3) is 0 Å². The Bertz CT molecular complexity index is 790. The van der Waals surface area contributed by atoms with Crippen molar-refractivity contribution in [1.82, 2.24) is 0 Å². The van der Waals surface area contributed by atoms with Gasteiger partial charge in [0, 0.05) is 6.07 Å². The Kier molecular flexibility index (Phi) is 4.56. The number of halogens is 1. The fourth-order valence-corrected chi connectivity index (χ4v) is 3.22. The van der Waals surface area contributed by atoms with Gasteiger partial charge >= 0.3 is 0 Å². The van der Waals surface area contributed by atoms with Crippen LogP contribution in [-0.2, 0) is 10.0 Å². The third kappa shape index (κ3) is 3.30. The molecule has 0 amide bonds. The summed E-state index contributed by atoms with van der Waals surface area (Å²) in [6.45, 7) is 1.62. The van der Waals surface area contributed by atoms with E-state index in [4.69, 9.17) is 9.47 Å². The zero-order valence-electron chi connectivity index (χ0n) is 12.4. The number of methoxy groups -OCH3 is 2. The lowest BCUT2D eigenvalue weighted by Gasteiger charge is -2.14. The lowest BCUT2D eigenvalue weighted by molar-refractivity contribution is 0.386. The standard InChI is InChI=1S/C15H16FNO4S/c1-10-8-11(16)4-6-13(10)17-22(18,19)15-7-5-12(20-2)9-14(15)21-3/h4-9,17H,1-3H3. The Labute approximate surface area is 128 Å². The van der Waals surface area contributed by atoms with Crippen LogP contribution >= 0.6 is 0 Å². The second-order valence-electron chi connectivity index (χ2n) is 4.58. The highest BCUT2D eigenvalue weighted by Crippen LogP contribution is 2.30. The SMILES string of the molecule is COc1ccc(S(=O)(=O)Nc2ccc(F)cc2C)c(OC)c1. The Balaban J connectivity index is 2.42. The van der Waals surface area contributed by atoms with Gasteiger partial charge < -0.3 is 9.47 Å². The first-order chi connectivity index (χ1) is 10.4. The molecule has 0 radical (unpaired) electrons. The van der Waals surface area contributed by atoms with E-state index in [1.165, 1.54) is 50.6 Å². The van der Waals surface area contributed by atoms with Crippen molar-refractivity contribution < 1.29 is 22.3 Å². The molecule has 0 aliphatic carbocycles. The molecule has 7 heteroatoms. The molecule has 2 rings (SSSR count). The van der Waals surface area contributed by atoms with E-state index in [9.17, 15) is 12.8 Å². The number of sulfonamides is 1. The predicted octanol–water partition coefficient (Wildman–Crippen LogP) is 2.95. The first-order valence-corrected chi connectivity index (χ1v) is 7.86. The molecule has 0 aliphatic heterocycles. The Morgan fingerprint density at radius 2 is 1.77 bits per heavy atom. The van der Waals surface area contributed by atoms with Crippen LogP contribution in [0.3, 0.4) is 0 Å². The van der Waals surface area contributed by atoms with Crippen LogP contribution < -0.4 is 14.2 Å². The van der Waals surface area contributed by atoms with Crippen molar-refractivity contribution in [3.05, 3.63) is 47.8 Å². The maximum atomic E-state index is 13.1. The second-order valence-corrected chi connectivity index (χ2v) is 6.23. The summed E-state index contributed by atoms with van der Waals surface area (Å²) >= 11 is 0. The van der Waals surface area contributed by atoms with Gasteiger partial charge in [0.15, 0.2) is 0 Å². The summed E-state index contributed by atoms with van der Waals surface area (Å²) in [7, 11) is -1.02. The van der Waals surface area contributed by atoms with Gasteiger partial charge in [-0.05, 0) is 42.8 Å². The molecule has 0 aromatic heterocycles. The van der Waals surface area contributed by atoms with E-state index >= 15 is 0 Å². The van der Waals surface area contributed by atoms with Crippen LogP contribution in [0, 0.1) is 12.7 Å². The van der Waals surface area contributed by atoms with E-state index < -0.39 is 15.8 Å². The summed E-state index contributed by atoms with van der Waals surface area (Å²) in [6, 6.07) is 8.21. The van der Waals surface area contributed by atoms with E-state index in [-0.39, 0.29) is 10.6 Å². The first-order valence-electron chi connectivity index (χ1n) is 6.38. The molecule has 0 bridgehead atoms. The lowest BCUT2D eigenvalue weighted by atomic mass is 10.2. The van der Waals surface area contributed by atoms with E-state index in [1.54, 1.807) is 6.92 Å². The summed E-state index contributed by atoms with van der Waals surface area (Å²) in [6.07, 6.45) is 0. The van der Waals surface area contributed by atoms with Crippen molar-refractivity contribution in [3.63, 3.8) is 0 Å². The first kappa shape index (κ1) is 16.1. The molecule has 0 saturated heterocycles. The van der Waals surface area contributed by atoms with Crippen LogP contribution in [-0.4, -0.2) is 22.6 Å². The smallest absolute Gasteiger partial charge is 0.265 e. The van der Waals surface area contributed by atoms with Crippen LogP contribution in [0.1, 0.15) is 5.56 Å². The molecule has 0 spiro atoms. The highest BCUT2D eigenvalue weighted by molar-refractivity contribution is 7.92. The van der Waals surface area contributed by atoms with Crippen molar-refractivity contribution in [1.29, 1.82) is 0 Å². The number of benzene rings is 2. The van der Waals surface area contributed by atoms with Crippen LogP contribution in [0.5, 0.6) is 11.5 Å². The molecule has 118 valence electrons. The van der Waals surface area contributed by atoms with Crippen LogP contribution in [0.4, 0.5) is 10.1 Å². The van der Waals surface area contributed by atoms with E-state index in [1.807, 2.05) is 0 Å². The molecule has 0 saturated carbocycles. The predicted molar refractivity (Wildman–Crippen MR) is 81.5 cm³/mol. The summed E-state index contributed by atoms with van der Waals surface area (Å²) in [5.74, 6) is 0.211. The topological polar surface area (TPSA) is 64.6 Å². The van der Waals surface area contributed by atoms with Gasteiger partial charge in [0.2, 0.25) is 0 Å². The average Bonchev–Trinajstić information content (AvgIpc) is 2.49. The number of rotatable bonds is 5. The summed E-state index contributed by atoms with van der Waals surface area (Å²) in [5.41, 5.74) is 0.787. The molecule has 0 atom stereocenters. The van der Waals surface area contributed by atoms with E-state index in [0.717, 1.165) is 0 Å². The van der Waals surface area contributed by atoms with Gasteiger partial charge in [-0.15, -0.1) is 0 Å². The number of anilines is 1. The molecule has 0 heterocycles. The second kappa shape index (κ2) is 6.23. The minimum atomic E-state index is -3.87. The molecule has 5 nitrogen and oxygen atoms in total. The lowest BCUT2D eigenvalue weighted by Crippen LogP contribution is -2.15. The zero-order valence-corrected chi connectivity index (χ0v) is 13.2. The summed E-state index contributed by atoms with van der Waals surface area (Å²) in [4.78, 5) is -0.0282. The maximum absolute atomic E-state index is 13.1. The number of hydrogen-bond donors (Lipinski definition) is 1. The molecule has 22 heavy (non-hydrogen) atoms. The molecule has 1 N–H and O–H groups in total. The van der Waals surface area contributed by atoms with Crippen molar-refractivity contribution >= 4 is 15.7 Å². The van der Waals surface area contributed by atoms with Gasteiger partial charge in [0.1, 0.15) is 22.2 Å². The number of nitrogens with one attached hydrogen (secondary N) is 1. The average molecular weight is 325 g/mol. The fourth-order valence-electron chi connectivity index (χ4n) is 1.94. The highest BCUT2D eigenvalue weighted by Gasteiger charge is 2.21. The largest absolute Gasteiger partial charge is 0.497 e. The van der Waals surface area contributed by atoms with Crippen molar-refractivity contribution in [3.8, 4) is 11.5 Å². The van der Waals surface area contributed by atoms with Crippen LogP contribution in [0.2, 0.25) is 0 Å². The molecule has 0 unspecified atom stereocenters. The fraction of sp³-hybridized carbons (Fsp3) is 0.200. The Morgan fingerprint density at radius 1 is 1.05 bits per heavy atom. The minimum Gasteiger partial charge on any atom is -0.497 e. The number of aryl methyl sites for hydroxylation is 1. The quantitative estimate of drug-likeness (QED) is 0.918. The number of ether oxygens (including phenoxy) is 2.